The number of unbranched alkanes of at least 4 members (excludes halogenated alkanes) is 11. The van der Waals surface area contributed by atoms with Crippen LogP contribution < -0.4 is 0 Å². The summed E-state index contributed by atoms with van der Waals surface area (Å²) in [5, 5.41) is 0. The zero-order chi connectivity index (χ0) is 29.3. The van der Waals surface area contributed by atoms with Gasteiger partial charge in [0.1, 0.15) is 11.6 Å². The Morgan fingerprint density at radius 3 is 1.95 bits per heavy atom. The van der Waals surface area contributed by atoms with Crippen LogP contribution in [0.15, 0.2) is 60.7 Å². The highest BCUT2D eigenvalue weighted by Gasteiger charge is 2.24. The summed E-state index contributed by atoms with van der Waals surface area (Å²) in [5.74, 6) is -2.26. The fraction of sp³-hybridized carbons (Fsp3) is 0.472. The molecule has 0 aromatic heterocycles. The largest absolute Gasteiger partial charge is 0.376 e. The summed E-state index contributed by atoms with van der Waals surface area (Å²) in [6, 6.07) is 17.2. The highest BCUT2D eigenvalue weighted by Crippen LogP contribution is 2.37. The van der Waals surface area contributed by atoms with Crippen molar-refractivity contribution < 1.29 is 23.4 Å². The number of hydrogen-bond donors (Lipinski definition) is 0. The minimum absolute atomic E-state index is 0.0423. The smallest absolute Gasteiger partial charge is 0.293 e. The van der Waals surface area contributed by atoms with Crippen LogP contribution in [-0.2, 0) is 16.2 Å². The lowest BCUT2D eigenvalue weighted by Gasteiger charge is -2.15. The number of benzene rings is 3. The maximum Gasteiger partial charge on any atom is 0.376 e. The SMILES string of the molecule is CCCCCCCCCCCc1ccc(-c2c(-c3ccccc3)ccc(C(=O)OOCCCCCC)c2F)c(F)c1. The molecule has 5 heteroatoms. The molecule has 3 nitrogen and oxygen atoms in total. The predicted octanol–water partition coefficient (Wildman–Crippen LogP) is 11.0. The Balaban J connectivity index is 1.72. The van der Waals surface area contributed by atoms with Crippen LogP contribution in [0.3, 0.4) is 0 Å². The number of halogens is 2. The molecular weight excluding hydrogens is 518 g/mol. The normalized spacial score (nSPS) is 11.1. The van der Waals surface area contributed by atoms with Crippen molar-refractivity contribution in [1.82, 2.24) is 0 Å². The molecule has 0 aliphatic heterocycles. The van der Waals surface area contributed by atoms with Crippen molar-refractivity contribution in [2.75, 3.05) is 6.61 Å². The third-order valence-electron chi connectivity index (χ3n) is 7.53. The molecule has 0 aliphatic carbocycles. The van der Waals surface area contributed by atoms with Crippen molar-refractivity contribution in [3.05, 3.63) is 83.4 Å². The third-order valence-corrected chi connectivity index (χ3v) is 7.53. The van der Waals surface area contributed by atoms with Gasteiger partial charge >= 0.3 is 5.97 Å². The Morgan fingerprint density at radius 2 is 1.29 bits per heavy atom. The molecule has 0 bridgehead atoms. The van der Waals surface area contributed by atoms with Gasteiger partial charge in [-0.05, 0) is 48.1 Å². The van der Waals surface area contributed by atoms with E-state index in [0.29, 0.717) is 5.56 Å². The van der Waals surface area contributed by atoms with Crippen LogP contribution in [0.2, 0.25) is 0 Å². The van der Waals surface area contributed by atoms with Gasteiger partial charge in [0, 0.05) is 11.1 Å². The molecule has 0 amide bonds. The molecular formula is C36H46F2O3. The quantitative estimate of drug-likeness (QED) is 0.0825. The monoisotopic (exact) mass is 564 g/mol. The standard InChI is InChI=1S/C36H46F2O3/c1-3-5-7-9-10-11-12-13-15-19-28-22-23-31(33(37)27-28)34-30(29-20-16-14-17-21-29)24-25-32(35(34)38)36(39)41-40-26-18-8-6-4-2/h14,16-17,20-25,27H,3-13,15,18-19,26H2,1-2H3. The van der Waals surface area contributed by atoms with Gasteiger partial charge in [0.25, 0.3) is 0 Å². The molecule has 0 radical (unpaired) electrons. The first-order valence-corrected chi connectivity index (χ1v) is 15.6. The van der Waals surface area contributed by atoms with E-state index in [0.717, 1.165) is 56.1 Å². The van der Waals surface area contributed by atoms with Gasteiger partial charge in [-0.15, -0.1) is 0 Å². The van der Waals surface area contributed by atoms with Gasteiger partial charge in [-0.25, -0.2) is 13.6 Å². The Morgan fingerprint density at radius 1 is 0.683 bits per heavy atom. The molecule has 3 rings (SSSR count). The summed E-state index contributed by atoms with van der Waals surface area (Å²) in [4.78, 5) is 22.6. The highest BCUT2D eigenvalue weighted by atomic mass is 19.1. The second-order valence-corrected chi connectivity index (χ2v) is 10.9. The first-order valence-electron chi connectivity index (χ1n) is 15.6. The summed E-state index contributed by atoms with van der Waals surface area (Å²) in [5.41, 5.74) is 2.00. The van der Waals surface area contributed by atoms with Crippen LogP contribution in [0.25, 0.3) is 22.3 Å². The summed E-state index contributed by atoms with van der Waals surface area (Å²) in [6.07, 6.45) is 15.7. The molecule has 41 heavy (non-hydrogen) atoms. The van der Waals surface area contributed by atoms with Gasteiger partial charge < -0.3 is 0 Å². The Kier molecular flexibility index (Phi) is 14.6. The number of aryl methyl sites for hydroxylation is 1. The fourth-order valence-electron chi connectivity index (χ4n) is 5.14. The van der Waals surface area contributed by atoms with E-state index in [2.05, 4.69) is 13.8 Å². The second kappa shape index (κ2) is 18.4. The average molecular weight is 565 g/mol. The zero-order valence-electron chi connectivity index (χ0n) is 24.9. The Bertz CT molecular complexity index is 1190. The molecule has 0 N–H and O–H groups in total. The van der Waals surface area contributed by atoms with Crippen LogP contribution in [-0.4, -0.2) is 12.6 Å². The Hall–Kier alpha value is -3.05. The maximum atomic E-state index is 16.0. The molecule has 0 saturated heterocycles. The maximum absolute atomic E-state index is 16.0. The molecule has 0 spiro atoms. The lowest BCUT2D eigenvalue weighted by molar-refractivity contribution is -0.241. The molecule has 0 unspecified atom stereocenters. The first-order chi connectivity index (χ1) is 20.1. The zero-order valence-corrected chi connectivity index (χ0v) is 24.9. The van der Waals surface area contributed by atoms with E-state index < -0.39 is 17.6 Å². The average Bonchev–Trinajstić information content (AvgIpc) is 2.98. The molecule has 0 aliphatic rings. The Labute approximate surface area is 245 Å². The van der Waals surface area contributed by atoms with E-state index in [1.165, 1.54) is 57.1 Å². The molecule has 0 saturated carbocycles. The van der Waals surface area contributed by atoms with Gasteiger partial charge in [0.15, 0.2) is 0 Å². The highest BCUT2D eigenvalue weighted by molar-refractivity contribution is 5.95. The van der Waals surface area contributed by atoms with E-state index in [9.17, 15) is 4.79 Å². The van der Waals surface area contributed by atoms with Gasteiger partial charge in [0.2, 0.25) is 0 Å². The fourth-order valence-corrected chi connectivity index (χ4v) is 5.14. The first kappa shape index (κ1) is 32.5. The predicted molar refractivity (Wildman–Crippen MR) is 164 cm³/mol. The van der Waals surface area contributed by atoms with E-state index in [4.69, 9.17) is 9.78 Å². The van der Waals surface area contributed by atoms with E-state index >= 15 is 8.78 Å². The van der Waals surface area contributed by atoms with Crippen LogP contribution in [0.1, 0.15) is 113 Å². The van der Waals surface area contributed by atoms with Crippen molar-refractivity contribution in [2.24, 2.45) is 0 Å². The van der Waals surface area contributed by atoms with Gasteiger partial charge in [-0.3, -0.25) is 4.89 Å². The van der Waals surface area contributed by atoms with Crippen molar-refractivity contribution in [1.29, 1.82) is 0 Å². The van der Waals surface area contributed by atoms with Crippen LogP contribution >= 0.6 is 0 Å². The number of hydrogen-bond acceptors (Lipinski definition) is 3. The van der Waals surface area contributed by atoms with Crippen LogP contribution in [0, 0.1) is 11.6 Å². The number of carbonyl (C=O) groups excluding carboxylic acids is 1. The van der Waals surface area contributed by atoms with E-state index in [1.807, 2.05) is 36.4 Å². The van der Waals surface area contributed by atoms with Gasteiger partial charge in [-0.1, -0.05) is 133 Å². The summed E-state index contributed by atoms with van der Waals surface area (Å²) < 4.78 is 31.6. The lowest BCUT2D eigenvalue weighted by atomic mass is 9.91. The topological polar surface area (TPSA) is 35.5 Å². The summed E-state index contributed by atoms with van der Waals surface area (Å²) >= 11 is 0. The molecule has 0 heterocycles. The van der Waals surface area contributed by atoms with Crippen molar-refractivity contribution in [2.45, 2.75) is 104 Å². The molecule has 3 aromatic carbocycles. The molecule has 0 atom stereocenters. The van der Waals surface area contributed by atoms with Crippen molar-refractivity contribution in [3.63, 3.8) is 0 Å². The number of rotatable bonds is 19. The molecule has 222 valence electrons. The summed E-state index contributed by atoms with van der Waals surface area (Å²) in [6.45, 7) is 4.58. The number of carbonyl (C=O) groups is 1. The van der Waals surface area contributed by atoms with E-state index in [1.54, 1.807) is 12.1 Å². The van der Waals surface area contributed by atoms with E-state index in [-0.39, 0.29) is 23.3 Å². The van der Waals surface area contributed by atoms with Crippen molar-refractivity contribution >= 4 is 5.97 Å². The minimum atomic E-state index is -0.929. The molecule has 0 fully saturated rings. The van der Waals surface area contributed by atoms with Crippen LogP contribution in [0.4, 0.5) is 8.78 Å². The van der Waals surface area contributed by atoms with Gasteiger partial charge in [-0.2, -0.15) is 4.89 Å². The van der Waals surface area contributed by atoms with Crippen LogP contribution in [0.5, 0.6) is 0 Å². The second-order valence-electron chi connectivity index (χ2n) is 10.9. The van der Waals surface area contributed by atoms with Crippen molar-refractivity contribution in [3.8, 4) is 22.3 Å². The summed E-state index contributed by atoms with van der Waals surface area (Å²) in [7, 11) is 0. The third kappa shape index (κ3) is 10.4. The molecule has 3 aromatic rings. The lowest BCUT2D eigenvalue weighted by Crippen LogP contribution is -2.10. The van der Waals surface area contributed by atoms with Gasteiger partial charge in [0.05, 0.1) is 12.2 Å². The minimum Gasteiger partial charge on any atom is -0.293 e.